The summed E-state index contributed by atoms with van der Waals surface area (Å²) in [4.78, 5) is 0. The van der Waals surface area contributed by atoms with Gasteiger partial charge in [0.1, 0.15) is 0 Å². The maximum absolute atomic E-state index is 9.60. The molecule has 1 aliphatic carbocycles. The first-order valence-corrected chi connectivity index (χ1v) is 8.19. The molecule has 1 N–H and O–H groups in total. The smallest absolute Gasteiger partial charge is 0.0687 e. The molecule has 0 bridgehead atoms. The molecule has 0 saturated heterocycles. The molecular weight excluding hydrogens is 268 g/mol. The van der Waals surface area contributed by atoms with E-state index in [-0.39, 0.29) is 17.4 Å². The van der Waals surface area contributed by atoms with Gasteiger partial charge < -0.3 is 5.11 Å². The lowest BCUT2D eigenvalue weighted by Gasteiger charge is -2.42. The van der Waals surface area contributed by atoms with E-state index in [0.717, 1.165) is 11.1 Å². The number of aliphatic hydroxyl groups is 1. The molecule has 2 aromatic rings. The summed E-state index contributed by atoms with van der Waals surface area (Å²) in [5.74, 6) is 0. The van der Waals surface area contributed by atoms with Gasteiger partial charge in [-0.1, -0.05) is 70.2 Å². The molecule has 0 aliphatic heterocycles. The van der Waals surface area contributed by atoms with Crippen molar-refractivity contribution in [3.8, 4) is 11.1 Å². The highest BCUT2D eigenvalue weighted by molar-refractivity contribution is 5.69. The molecule has 0 spiro atoms. The Morgan fingerprint density at radius 1 is 0.864 bits per heavy atom. The van der Waals surface area contributed by atoms with Crippen LogP contribution in [0.15, 0.2) is 42.5 Å². The lowest BCUT2D eigenvalue weighted by atomic mass is 9.63. The number of aliphatic hydroxyl groups excluding tert-OH is 1. The largest absolute Gasteiger partial charge is 0.392 e. The van der Waals surface area contributed by atoms with Crippen molar-refractivity contribution in [1.29, 1.82) is 0 Å². The van der Waals surface area contributed by atoms with Gasteiger partial charge in [0, 0.05) is 0 Å². The molecule has 2 aromatic carbocycles. The summed E-state index contributed by atoms with van der Waals surface area (Å²) in [5, 5.41) is 9.60. The average Bonchev–Trinajstić information content (AvgIpc) is 2.51. The van der Waals surface area contributed by atoms with Crippen molar-refractivity contribution in [3.63, 3.8) is 0 Å². The second-order valence-electron chi connectivity index (χ2n) is 7.84. The summed E-state index contributed by atoms with van der Waals surface area (Å²) >= 11 is 0. The minimum atomic E-state index is 0.0855. The highest BCUT2D eigenvalue weighted by atomic mass is 16.3. The van der Waals surface area contributed by atoms with E-state index in [2.05, 4.69) is 52.0 Å². The van der Waals surface area contributed by atoms with Gasteiger partial charge in [0.25, 0.3) is 0 Å². The molecule has 0 amide bonds. The van der Waals surface area contributed by atoms with Crippen LogP contribution in [0.2, 0.25) is 0 Å². The molecule has 0 saturated carbocycles. The Morgan fingerprint density at radius 2 is 1.50 bits per heavy atom. The van der Waals surface area contributed by atoms with E-state index in [0.29, 0.717) is 0 Å². The fraction of sp³-hybridized carbons (Fsp3) is 0.429. The van der Waals surface area contributed by atoms with Crippen molar-refractivity contribution in [2.24, 2.45) is 0 Å². The summed E-state index contributed by atoms with van der Waals surface area (Å²) in [6.07, 6.45) is 2.46. The summed E-state index contributed by atoms with van der Waals surface area (Å²) in [7, 11) is 0. The normalized spacial score (nSPS) is 18.8. The first-order chi connectivity index (χ1) is 10.3. The maximum atomic E-state index is 9.60. The van der Waals surface area contributed by atoms with Gasteiger partial charge in [-0.25, -0.2) is 0 Å². The first-order valence-electron chi connectivity index (χ1n) is 8.19. The van der Waals surface area contributed by atoms with Crippen molar-refractivity contribution >= 4 is 0 Å². The lowest BCUT2D eigenvalue weighted by molar-refractivity contribution is 0.282. The van der Waals surface area contributed by atoms with Crippen molar-refractivity contribution < 1.29 is 5.11 Å². The van der Waals surface area contributed by atoms with Crippen LogP contribution in [0.25, 0.3) is 11.1 Å². The summed E-state index contributed by atoms with van der Waals surface area (Å²) < 4.78 is 0. The van der Waals surface area contributed by atoms with Gasteiger partial charge in [0.05, 0.1) is 6.61 Å². The Balaban J connectivity index is 2.18. The Kier molecular flexibility index (Phi) is 3.65. The molecule has 3 rings (SSSR count). The van der Waals surface area contributed by atoms with Crippen molar-refractivity contribution in [1.82, 2.24) is 0 Å². The standard InChI is InChI=1S/C21H26O/c1-20(2)11-12-21(3,4)19-13-15(9-10-18(19)20)17-8-6-5-7-16(17)14-22/h5-10,13,22H,11-12,14H2,1-4H3. The SMILES string of the molecule is CC1(C)CCC(C)(C)c2cc(-c3ccccc3CO)ccc21. The van der Waals surface area contributed by atoms with E-state index in [1.807, 2.05) is 18.2 Å². The number of hydrogen-bond acceptors (Lipinski definition) is 1. The van der Waals surface area contributed by atoms with Crippen molar-refractivity contribution in [2.75, 3.05) is 0 Å². The van der Waals surface area contributed by atoms with Gasteiger partial charge in [-0.15, -0.1) is 0 Å². The fourth-order valence-electron chi connectivity index (χ4n) is 3.70. The first kappa shape index (κ1) is 15.3. The third kappa shape index (κ3) is 2.48. The molecular formula is C21H26O. The van der Waals surface area contributed by atoms with Gasteiger partial charge in [0.15, 0.2) is 0 Å². The molecule has 1 heteroatoms. The highest BCUT2D eigenvalue weighted by Crippen LogP contribution is 2.46. The molecule has 0 atom stereocenters. The van der Waals surface area contributed by atoms with Crippen LogP contribution < -0.4 is 0 Å². The van der Waals surface area contributed by atoms with Gasteiger partial charge in [0.2, 0.25) is 0 Å². The van der Waals surface area contributed by atoms with Gasteiger partial charge in [-0.05, 0) is 51.5 Å². The molecule has 22 heavy (non-hydrogen) atoms. The second-order valence-corrected chi connectivity index (χ2v) is 7.84. The molecule has 0 aromatic heterocycles. The van der Waals surface area contributed by atoms with E-state index in [1.54, 1.807) is 0 Å². The Morgan fingerprint density at radius 3 is 2.18 bits per heavy atom. The molecule has 1 aliphatic rings. The van der Waals surface area contributed by atoms with Crippen LogP contribution in [-0.4, -0.2) is 5.11 Å². The number of rotatable bonds is 2. The molecule has 0 fully saturated rings. The third-order valence-electron chi connectivity index (χ3n) is 5.35. The predicted molar refractivity (Wildman–Crippen MR) is 93.1 cm³/mol. The topological polar surface area (TPSA) is 20.2 Å². The van der Waals surface area contributed by atoms with Crippen LogP contribution in [0.4, 0.5) is 0 Å². The predicted octanol–water partition coefficient (Wildman–Crippen LogP) is 5.19. The molecule has 116 valence electrons. The summed E-state index contributed by atoms with van der Waals surface area (Å²) in [5.41, 5.74) is 6.77. The van der Waals surface area contributed by atoms with Crippen LogP contribution in [0.5, 0.6) is 0 Å². The van der Waals surface area contributed by atoms with Crippen LogP contribution >= 0.6 is 0 Å². The van der Waals surface area contributed by atoms with Crippen molar-refractivity contribution in [3.05, 3.63) is 59.2 Å². The average molecular weight is 294 g/mol. The van der Waals surface area contributed by atoms with E-state index in [9.17, 15) is 5.11 Å². The fourth-order valence-corrected chi connectivity index (χ4v) is 3.70. The minimum Gasteiger partial charge on any atom is -0.392 e. The molecule has 1 nitrogen and oxygen atoms in total. The molecule has 0 heterocycles. The van der Waals surface area contributed by atoms with Crippen molar-refractivity contribution in [2.45, 2.75) is 58.0 Å². The van der Waals surface area contributed by atoms with Gasteiger partial charge >= 0.3 is 0 Å². The number of fused-ring (bicyclic) bond motifs is 1. The monoisotopic (exact) mass is 294 g/mol. The highest BCUT2D eigenvalue weighted by Gasteiger charge is 2.36. The Bertz CT molecular complexity index is 695. The van der Waals surface area contributed by atoms with E-state index in [1.165, 1.54) is 29.5 Å². The minimum absolute atomic E-state index is 0.0855. The lowest BCUT2D eigenvalue weighted by Crippen LogP contribution is -2.33. The van der Waals surface area contributed by atoms with Gasteiger partial charge in [-0.3, -0.25) is 0 Å². The van der Waals surface area contributed by atoms with E-state index >= 15 is 0 Å². The number of benzene rings is 2. The third-order valence-corrected chi connectivity index (χ3v) is 5.35. The molecule has 0 radical (unpaired) electrons. The zero-order chi connectivity index (χ0) is 16.0. The van der Waals surface area contributed by atoms with E-state index < -0.39 is 0 Å². The Labute approximate surface area is 134 Å². The zero-order valence-electron chi connectivity index (χ0n) is 14.1. The quantitative estimate of drug-likeness (QED) is 0.807. The maximum Gasteiger partial charge on any atom is 0.0687 e. The zero-order valence-corrected chi connectivity index (χ0v) is 14.1. The molecule has 0 unspecified atom stereocenters. The number of hydrogen-bond donors (Lipinski definition) is 1. The Hall–Kier alpha value is -1.60. The van der Waals surface area contributed by atoms with Crippen LogP contribution in [0, 0.1) is 0 Å². The summed E-state index contributed by atoms with van der Waals surface area (Å²) in [6, 6.07) is 15.0. The van der Waals surface area contributed by atoms with Gasteiger partial charge in [-0.2, -0.15) is 0 Å². The second kappa shape index (κ2) is 5.24. The van der Waals surface area contributed by atoms with Crippen LogP contribution in [0.1, 0.15) is 57.2 Å². The van der Waals surface area contributed by atoms with Crippen LogP contribution in [-0.2, 0) is 17.4 Å². The van der Waals surface area contributed by atoms with E-state index in [4.69, 9.17) is 0 Å². The summed E-state index contributed by atoms with van der Waals surface area (Å²) in [6.45, 7) is 9.48. The van der Waals surface area contributed by atoms with Crippen LogP contribution in [0.3, 0.4) is 0 Å².